The van der Waals surface area contributed by atoms with E-state index in [1.807, 2.05) is 6.92 Å². The number of rotatable bonds is 7. The lowest BCUT2D eigenvalue weighted by Gasteiger charge is -2.63. The fourth-order valence-electron chi connectivity index (χ4n) is 11.4. The molecule has 19 atom stereocenters. The molecule has 0 aromatic carbocycles. The van der Waals surface area contributed by atoms with Crippen LogP contribution in [0.15, 0.2) is 0 Å². The van der Waals surface area contributed by atoms with Gasteiger partial charge in [-0.1, -0.05) is 27.7 Å². The first-order chi connectivity index (χ1) is 20.7. The molecule has 0 bridgehead atoms. The highest BCUT2D eigenvalue weighted by Crippen LogP contribution is 2.70. The molecule has 0 aromatic heterocycles. The molecule has 254 valence electrons. The topological polar surface area (TPSA) is 190 Å². The highest BCUT2D eigenvalue weighted by Gasteiger charge is 2.70. The van der Waals surface area contributed by atoms with Crippen molar-refractivity contribution in [2.45, 2.75) is 140 Å². The summed E-state index contributed by atoms with van der Waals surface area (Å²) in [6, 6.07) is 0. The van der Waals surface area contributed by atoms with Gasteiger partial charge in [-0.25, -0.2) is 0 Å². The lowest BCUT2D eigenvalue weighted by Crippen LogP contribution is -2.63. The zero-order valence-corrected chi connectivity index (χ0v) is 26.6. The first kappa shape index (κ1) is 33.5. The van der Waals surface area contributed by atoms with E-state index in [4.69, 9.17) is 14.2 Å². The highest BCUT2D eigenvalue weighted by atomic mass is 16.7. The van der Waals surface area contributed by atoms with Crippen molar-refractivity contribution in [3.63, 3.8) is 0 Å². The Morgan fingerprint density at radius 2 is 1.66 bits per heavy atom. The predicted molar refractivity (Wildman–Crippen MR) is 156 cm³/mol. The van der Waals surface area contributed by atoms with Gasteiger partial charge >= 0.3 is 0 Å². The molecule has 44 heavy (non-hydrogen) atoms. The molecule has 8 N–H and O–H groups in total. The van der Waals surface area contributed by atoms with Gasteiger partial charge in [0.2, 0.25) is 0 Å². The van der Waals surface area contributed by atoms with E-state index in [1.54, 1.807) is 0 Å². The van der Waals surface area contributed by atoms with Gasteiger partial charge in [0, 0.05) is 17.8 Å². The molecule has 2 saturated heterocycles. The molecule has 0 amide bonds. The maximum absolute atomic E-state index is 11.8. The molecule has 0 aromatic rings. The monoisotopic (exact) mass is 628 g/mol. The molecule has 6 rings (SSSR count). The molecule has 4 aliphatic carbocycles. The van der Waals surface area contributed by atoms with Gasteiger partial charge in [0.15, 0.2) is 12.1 Å². The van der Waals surface area contributed by atoms with Crippen LogP contribution in [0.5, 0.6) is 0 Å². The van der Waals surface area contributed by atoms with E-state index in [0.29, 0.717) is 38.0 Å². The molecule has 6 fully saturated rings. The first-order valence-electron chi connectivity index (χ1n) is 17.0. The normalized spacial score (nSPS) is 57.7. The van der Waals surface area contributed by atoms with Crippen LogP contribution in [0.4, 0.5) is 0 Å². The van der Waals surface area contributed by atoms with E-state index in [1.165, 1.54) is 0 Å². The van der Waals surface area contributed by atoms with Crippen LogP contribution in [-0.2, 0) is 14.2 Å². The summed E-state index contributed by atoms with van der Waals surface area (Å²) in [6.07, 6.45) is -2.98. The third-order valence-corrected chi connectivity index (χ3v) is 13.7. The summed E-state index contributed by atoms with van der Waals surface area (Å²) in [5.74, 6) is -0.621. The van der Waals surface area contributed by atoms with Crippen molar-refractivity contribution < 1.29 is 55.1 Å². The minimum Gasteiger partial charge on any atom is -0.394 e. The molecular weight excluding hydrogens is 572 g/mol. The Morgan fingerprint density at radius 1 is 0.932 bits per heavy atom. The maximum Gasteiger partial charge on any atom is 0.186 e. The van der Waals surface area contributed by atoms with E-state index in [0.717, 1.165) is 19.3 Å². The van der Waals surface area contributed by atoms with Gasteiger partial charge in [-0.15, -0.1) is 0 Å². The summed E-state index contributed by atoms with van der Waals surface area (Å²) in [7, 11) is 0. The van der Waals surface area contributed by atoms with Crippen molar-refractivity contribution in [3.8, 4) is 0 Å². The minimum absolute atomic E-state index is 0.0145. The molecule has 11 nitrogen and oxygen atoms in total. The Kier molecular flexibility index (Phi) is 9.06. The van der Waals surface area contributed by atoms with Gasteiger partial charge in [-0.3, -0.25) is 0 Å². The van der Waals surface area contributed by atoms with Crippen LogP contribution in [0.25, 0.3) is 0 Å². The van der Waals surface area contributed by atoms with Gasteiger partial charge in [0.25, 0.3) is 0 Å². The zero-order chi connectivity index (χ0) is 31.9. The van der Waals surface area contributed by atoms with Crippen LogP contribution in [0.2, 0.25) is 0 Å². The average molecular weight is 629 g/mol. The van der Waals surface area contributed by atoms with Crippen LogP contribution >= 0.6 is 0 Å². The molecule has 0 radical (unpaired) electrons. The molecule has 6 aliphatic rings. The second-order valence-corrected chi connectivity index (χ2v) is 16.1. The average Bonchev–Trinajstić information content (AvgIpc) is 3.39. The van der Waals surface area contributed by atoms with Gasteiger partial charge in [-0.05, 0) is 85.9 Å². The third kappa shape index (κ3) is 5.12. The Hall–Kier alpha value is -0.440. The summed E-state index contributed by atoms with van der Waals surface area (Å²) in [4.78, 5) is 0. The first-order valence-corrected chi connectivity index (χ1v) is 17.0. The van der Waals surface area contributed by atoms with E-state index < -0.39 is 66.8 Å². The van der Waals surface area contributed by atoms with Crippen molar-refractivity contribution in [1.82, 2.24) is 0 Å². The highest BCUT2D eigenvalue weighted by molar-refractivity contribution is 5.17. The van der Waals surface area contributed by atoms with Crippen LogP contribution < -0.4 is 0 Å². The summed E-state index contributed by atoms with van der Waals surface area (Å²) >= 11 is 0. The van der Waals surface area contributed by atoms with Gasteiger partial charge in [0.05, 0.1) is 37.6 Å². The van der Waals surface area contributed by atoms with Gasteiger partial charge in [0.1, 0.15) is 24.4 Å². The van der Waals surface area contributed by atoms with Crippen LogP contribution in [0.3, 0.4) is 0 Å². The molecule has 11 heteroatoms. The fraction of sp³-hybridized carbons (Fsp3) is 1.00. The standard InChI is InChI=1S/C33H56O11/c1-15(14-42-30-29(40)28(39)27(38)23(13-34)43-30)7-8-33(41)16(2)25-22(44-33)11-20-19-6-5-17-9-18(35)10-24(37)32(17,4)26(19)21(36)12-31(20,25)3/h15-30,34-41H,5-14H2,1-4H3/t15-,16+,17-,18-,19+,20+,21-,22+,23-,24-,25+,26-,27-,28+,29-,30-,31+,32-,33-/m1/s1. The van der Waals surface area contributed by atoms with E-state index in [2.05, 4.69) is 20.8 Å². The van der Waals surface area contributed by atoms with Gasteiger partial charge in [-0.2, -0.15) is 0 Å². The maximum atomic E-state index is 11.8. The number of fused-ring (bicyclic) bond motifs is 7. The summed E-state index contributed by atoms with van der Waals surface area (Å²) in [5.41, 5.74) is -0.614. The molecule has 4 saturated carbocycles. The summed E-state index contributed by atoms with van der Waals surface area (Å²) in [6.45, 7) is 8.11. The Labute approximate surface area is 260 Å². The summed E-state index contributed by atoms with van der Waals surface area (Å²) < 4.78 is 17.7. The van der Waals surface area contributed by atoms with Crippen molar-refractivity contribution in [3.05, 3.63) is 0 Å². The Bertz CT molecular complexity index is 1030. The summed E-state index contributed by atoms with van der Waals surface area (Å²) in [5, 5.41) is 85.0. The second kappa shape index (κ2) is 11.9. The van der Waals surface area contributed by atoms with Crippen LogP contribution in [-0.4, -0.2) is 115 Å². The largest absolute Gasteiger partial charge is 0.394 e. The van der Waals surface area contributed by atoms with E-state index in [-0.39, 0.29) is 53.6 Å². The van der Waals surface area contributed by atoms with Crippen molar-refractivity contribution >= 4 is 0 Å². The molecule has 0 unspecified atom stereocenters. The molecule has 2 heterocycles. The van der Waals surface area contributed by atoms with E-state index in [9.17, 15) is 40.9 Å². The SMILES string of the molecule is C[C@H](CC[C@@]1(O)O[C@H]2C[C@H]3[C@@H]4CC[C@@H]5C[C@@H](O)C[C@@H](O)[C@]5(C)[C@H]4[C@H](O)C[C@]3(C)[C@H]2[C@@H]1C)CO[C@@H]1O[C@H](CO)[C@@H](O)[C@H](O)[C@H]1O. The zero-order valence-electron chi connectivity index (χ0n) is 26.6. The van der Waals surface area contributed by atoms with Crippen molar-refractivity contribution in [1.29, 1.82) is 0 Å². The molecular formula is C33H56O11. The van der Waals surface area contributed by atoms with Gasteiger partial charge < -0.3 is 55.1 Å². The minimum atomic E-state index is -1.49. The number of aliphatic hydroxyl groups excluding tert-OH is 7. The lowest BCUT2D eigenvalue weighted by atomic mass is 9.43. The third-order valence-electron chi connectivity index (χ3n) is 13.7. The van der Waals surface area contributed by atoms with Crippen LogP contribution in [0.1, 0.15) is 79.1 Å². The van der Waals surface area contributed by atoms with Crippen LogP contribution in [0, 0.1) is 52.3 Å². The fourth-order valence-corrected chi connectivity index (χ4v) is 11.4. The second-order valence-electron chi connectivity index (χ2n) is 16.1. The Morgan fingerprint density at radius 3 is 2.36 bits per heavy atom. The van der Waals surface area contributed by atoms with Crippen molar-refractivity contribution in [2.75, 3.05) is 13.2 Å². The quantitative estimate of drug-likeness (QED) is 0.196. The Balaban J connectivity index is 1.09. The number of ether oxygens (including phenoxy) is 3. The lowest BCUT2D eigenvalue weighted by molar-refractivity contribution is -0.303. The molecule has 2 aliphatic heterocycles. The number of aliphatic hydroxyl groups is 8. The van der Waals surface area contributed by atoms with Crippen molar-refractivity contribution in [2.24, 2.45) is 52.3 Å². The smallest absolute Gasteiger partial charge is 0.186 e. The number of hydrogen-bond donors (Lipinski definition) is 8. The molecule has 0 spiro atoms. The van der Waals surface area contributed by atoms with E-state index >= 15 is 0 Å². The predicted octanol–water partition coefficient (Wildman–Crippen LogP) is 0.514. The number of hydrogen-bond acceptors (Lipinski definition) is 11.